The topological polar surface area (TPSA) is 64.6 Å². The molecule has 0 aliphatic carbocycles. The molecule has 0 saturated carbocycles. The zero-order valence-corrected chi connectivity index (χ0v) is 11.9. The Bertz CT molecular complexity index is 264. The summed E-state index contributed by atoms with van der Waals surface area (Å²) < 4.78 is 9.77. The number of amides is 1. The van der Waals surface area contributed by atoms with Crippen LogP contribution in [-0.2, 0) is 19.1 Å². The molecule has 0 aliphatic rings. The monoisotopic (exact) mass is 259 g/mol. The maximum atomic E-state index is 11.5. The van der Waals surface area contributed by atoms with Crippen molar-refractivity contribution < 1.29 is 19.1 Å². The Kier molecular flexibility index (Phi) is 8.37. The minimum absolute atomic E-state index is 0.00437. The van der Waals surface area contributed by atoms with Gasteiger partial charge in [0, 0.05) is 26.7 Å². The van der Waals surface area contributed by atoms with Gasteiger partial charge in [0.1, 0.15) is 0 Å². The first-order valence-electron chi connectivity index (χ1n) is 6.32. The van der Waals surface area contributed by atoms with Crippen LogP contribution in [0.4, 0.5) is 0 Å². The number of ether oxygens (including phenoxy) is 2. The maximum Gasteiger partial charge on any atom is 0.306 e. The first kappa shape index (κ1) is 16.9. The highest BCUT2D eigenvalue weighted by molar-refractivity contribution is 5.81. The normalized spacial score (nSPS) is 11.1. The summed E-state index contributed by atoms with van der Waals surface area (Å²) in [6.07, 6.45) is 1.19. The summed E-state index contributed by atoms with van der Waals surface area (Å²) in [6.45, 7) is 7.49. The lowest BCUT2D eigenvalue weighted by molar-refractivity contribution is -0.144. The van der Waals surface area contributed by atoms with Crippen molar-refractivity contribution in [2.45, 2.75) is 40.0 Å². The zero-order valence-electron chi connectivity index (χ0n) is 11.9. The molecule has 5 nitrogen and oxygen atoms in total. The lowest BCUT2D eigenvalue weighted by Gasteiger charge is -2.24. The van der Waals surface area contributed by atoms with Gasteiger partial charge in [-0.05, 0) is 18.8 Å². The van der Waals surface area contributed by atoms with Crippen molar-refractivity contribution in [2.75, 3.05) is 26.9 Å². The number of hydrogen-bond acceptors (Lipinski definition) is 4. The lowest BCUT2D eigenvalue weighted by atomic mass is 9.89. The van der Waals surface area contributed by atoms with Crippen molar-refractivity contribution in [1.82, 2.24) is 5.32 Å². The van der Waals surface area contributed by atoms with Crippen molar-refractivity contribution in [3.05, 3.63) is 0 Å². The molecule has 0 aromatic heterocycles. The minimum atomic E-state index is -0.328. The van der Waals surface area contributed by atoms with Gasteiger partial charge in [-0.15, -0.1) is 0 Å². The average Bonchev–Trinajstić information content (AvgIpc) is 2.32. The standard InChI is InChI=1S/C13H25NO4/c1-5-18-12(16)7-6-11(15)14-10-13(2,3)8-9-17-4/h5-10H2,1-4H3,(H,14,15). The predicted octanol–water partition coefficient (Wildman–Crippen LogP) is 1.51. The van der Waals surface area contributed by atoms with E-state index in [4.69, 9.17) is 9.47 Å². The summed E-state index contributed by atoms with van der Waals surface area (Å²) >= 11 is 0. The molecule has 0 spiro atoms. The van der Waals surface area contributed by atoms with Gasteiger partial charge in [0.15, 0.2) is 0 Å². The van der Waals surface area contributed by atoms with Gasteiger partial charge in [0.05, 0.1) is 13.0 Å². The average molecular weight is 259 g/mol. The van der Waals surface area contributed by atoms with E-state index in [1.807, 2.05) is 0 Å². The van der Waals surface area contributed by atoms with E-state index in [1.165, 1.54) is 0 Å². The van der Waals surface area contributed by atoms with Crippen LogP contribution in [0.15, 0.2) is 0 Å². The van der Waals surface area contributed by atoms with Crippen molar-refractivity contribution in [3.8, 4) is 0 Å². The largest absolute Gasteiger partial charge is 0.466 e. The molecule has 0 aliphatic heterocycles. The van der Waals surface area contributed by atoms with Crippen LogP contribution in [0.25, 0.3) is 0 Å². The molecule has 0 fully saturated rings. The third kappa shape index (κ3) is 8.98. The van der Waals surface area contributed by atoms with Gasteiger partial charge < -0.3 is 14.8 Å². The van der Waals surface area contributed by atoms with Gasteiger partial charge in [-0.3, -0.25) is 9.59 Å². The predicted molar refractivity (Wildman–Crippen MR) is 69.2 cm³/mol. The summed E-state index contributed by atoms with van der Waals surface area (Å²) in [5, 5.41) is 2.83. The van der Waals surface area contributed by atoms with Crippen molar-refractivity contribution in [2.24, 2.45) is 5.41 Å². The molecule has 18 heavy (non-hydrogen) atoms. The quantitative estimate of drug-likeness (QED) is 0.637. The van der Waals surface area contributed by atoms with Gasteiger partial charge in [0.2, 0.25) is 5.91 Å². The summed E-state index contributed by atoms with van der Waals surface area (Å²) in [6, 6.07) is 0. The van der Waals surface area contributed by atoms with E-state index in [1.54, 1.807) is 14.0 Å². The van der Waals surface area contributed by atoms with Crippen LogP contribution in [-0.4, -0.2) is 38.7 Å². The lowest BCUT2D eigenvalue weighted by Crippen LogP contribution is -2.34. The molecule has 0 saturated heterocycles. The van der Waals surface area contributed by atoms with E-state index < -0.39 is 0 Å². The smallest absolute Gasteiger partial charge is 0.306 e. The number of hydrogen-bond donors (Lipinski definition) is 1. The molecule has 0 bridgehead atoms. The Hall–Kier alpha value is -1.10. The van der Waals surface area contributed by atoms with E-state index in [0.29, 0.717) is 19.8 Å². The molecule has 1 N–H and O–H groups in total. The van der Waals surface area contributed by atoms with E-state index in [9.17, 15) is 9.59 Å². The highest BCUT2D eigenvalue weighted by Gasteiger charge is 2.18. The number of esters is 1. The van der Waals surface area contributed by atoms with Gasteiger partial charge in [-0.1, -0.05) is 13.8 Å². The highest BCUT2D eigenvalue weighted by Crippen LogP contribution is 2.18. The van der Waals surface area contributed by atoms with Crippen LogP contribution in [0.3, 0.4) is 0 Å². The molecule has 0 heterocycles. The third-order valence-corrected chi connectivity index (χ3v) is 2.61. The second-order valence-electron chi connectivity index (χ2n) is 4.99. The van der Waals surface area contributed by atoms with Crippen molar-refractivity contribution in [1.29, 1.82) is 0 Å². The van der Waals surface area contributed by atoms with Crippen LogP contribution in [0.2, 0.25) is 0 Å². The molecule has 0 rings (SSSR count). The molecule has 0 radical (unpaired) electrons. The number of methoxy groups -OCH3 is 1. The van der Waals surface area contributed by atoms with Crippen LogP contribution in [0, 0.1) is 5.41 Å². The van der Waals surface area contributed by atoms with Crippen LogP contribution < -0.4 is 5.32 Å². The van der Waals surface area contributed by atoms with Gasteiger partial charge >= 0.3 is 5.97 Å². The van der Waals surface area contributed by atoms with E-state index >= 15 is 0 Å². The van der Waals surface area contributed by atoms with E-state index in [2.05, 4.69) is 19.2 Å². The highest BCUT2D eigenvalue weighted by atomic mass is 16.5. The van der Waals surface area contributed by atoms with Crippen molar-refractivity contribution >= 4 is 11.9 Å². The fourth-order valence-corrected chi connectivity index (χ4v) is 1.34. The van der Waals surface area contributed by atoms with E-state index in [0.717, 1.165) is 6.42 Å². The number of nitrogens with one attached hydrogen (secondary N) is 1. The molecular formula is C13H25NO4. The number of rotatable bonds is 9. The summed E-state index contributed by atoms with van der Waals surface area (Å²) in [5.41, 5.74) is -0.00437. The van der Waals surface area contributed by atoms with Crippen LogP contribution in [0.1, 0.15) is 40.0 Å². The molecule has 0 atom stereocenters. The van der Waals surface area contributed by atoms with Gasteiger partial charge in [-0.25, -0.2) is 0 Å². The molecule has 0 aromatic carbocycles. The number of carbonyl (C=O) groups excluding carboxylic acids is 2. The van der Waals surface area contributed by atoms with Crippen LogP contribution in [0.5, 0.6) is 0 Å². The summed E-state index contributed by atoms with van der Waals surface area (Å²) in [5.74, 6) is -0.445. The van der Waals surface area contributed by atoms with Gasteiger partial charge in [0.25, 0.3) is 0 Å². The zero-order chi connectivity index (χ0) is 14.0. The first-order chi connectivity index (χ1) is 8.41. The second kappa shape index (κ2) is 8.91. The molecule has 1 amide bonds. The molecular weight excluding hydrogens is 234 g/mol. The SMILES string of the molecule is CCOC(=O)CCC(=O)NCC(C)(C)CCOC. The second-order valence-corrected chi connectivity index (χ2v) is 4.99. The van der Waals surface area contributed by atoms with Crippen molar-refractivity contribution in [3.63, 3.8) is 0 Å². The Morgan fingerprint density at radius 1 is 1.22 bits per heavy atom. The Labute approximate surface area is 109 Å². The van der Waals surface area contributed by atoms with E-state index in [-0.39, 0.29) is 30.1 Å². The van der Waals surface area contributed by atoms with Gasteiger partial charge in [-0.2, -0.15) is 0 Å². The Balaban J connectivity index is 3.78. The Morgan fingerprint density at radius 2 is 1.89 bits per heavy atom. The molecule has 0 aromatic rings. The molecule has 106 valence electrons. The Morgan fingerprint density at radius 3 is 2.44 bits per heavy atom. The first-order valence-corrected chi connectivity index (χ1v) is 6.32. The van der Waals surface area contributed by atoms with Crippen LogP contribution >= 0.6 is 0 Å². The fraction of sp³-hybridized carbons (Fsp3) is 0.846. The third-order valence-electron chi connectivity index (χ3n) is 2.61. The fourth-order valence-electron chi connectivity index (χ4n) is 1.34. The maximum absolute atomic E-state index is 11.5. The summed E-state index contributed by atoms with van der Waals surface area (Å²) in [4.78, 5) is 22.6. The molecule has 5 heteroatoms. The summed E-state index contributed by atoms with van der Waals surface area (Å²) in [7, 11) is 1.66. The molecule has 0 unspecified atom stereocenters. The number of carbonyl (C=O) groups is 2. The minimum Gasteiger partial charge on any atom is -0.466 e.